The zero-order valence-electron chi connectivity index (χ0n) is 16.6. The van der Waals surface area contributed by atoms with Crippen molar-refractivity contribution in [2.75, 3.05) is 5.32 Å². The second-order valence-electron chi connectivity index (χ2n) is 7.63. The minimum Gasteiger partial charge on any atom is -0.361 e. The first-order valence-corrected chi connectivity index (χ1v) is 10.2. The number of halogens is 2. The van der Waals surface area contributed by atoms with Crippen LogP contribution in [-0.4, -0.2) is 36.1 Å². The van der Waals surface area contributed by atoms with Crippen LogP contribution in [0.2, 0.25) is 0 Å². The average Bonchev–Trinajstić information content (AvgIpc) is 3.46. The first-order chi connectivity index (χ1) is 14.5. The van der Waals surface area contributed by atoms with Crippen LogP contribution in [0.4, 0.5) is 14.6 Å². The molecule has 1 saturated carbocycles. The largest absolute Gasteiger partial charge is 0.361 e. The van der Waals surface area contributed by atoms with E-state index in [2.05, 4.69) is 20.4 Å². The number of aryl methyl sites for hydroxylation is 1. The monoisotopic (exact) mass is 408 g/mol. The summed E-state index contributed by atoms with van der Waals surface area (Å²) in [6, 6.07) is 8.51. The SMILES string of the molecule is CCn1cc(-c2ccc3ncc(-c4cccc(NC5CCCC5(F)F)n4)n3c2)cn1. The molecule has 154 valence electrons. The highest BCUT2D eigenvalue weighted by molar-refractivity contribution is 5.67. The third kappa shape index (κ3) is 3.32. The number of alkyl halides is 2. The van der Waals surface area contributed by atoms with E-state index in [1.54, 1.807) is 12.3 Å². The van der Waals surface area contributed by atoms with Crippen molar-refractivity contribution >= 4 is 11.5 Å². The van der Waals surface area contributed by atoms with E-state index >= 15 is 0 Å². The van der Waals surface area contributed by atoms with Crippen LogP contribution in [0.5, 0.6) is 0 Å². The smallest absolute Gasteiger partial charge is 0.267 e. The minimum atomic E-state index is -2.70. The predicted octanol–water partition coefficient (Wildman–Crippen LogP) is 4.88. The van der Waals surface area contributed by atoms with E-state index in [1.807, 2.05) is 58.9 Å². The van der Waals surface area contributed by atoms with E-state index < -0.39 is 12.0 Å². The molecule has 0 amide bonds. The molecular formula is C22H22F2N6. The van der Waals surface area contributed by atoms with E-state index in [1.165, 1.54) is 0 Å². The molecule has 1 aliphatic rings. The Hall–Kier alpha value is -3.29. The molecule has 1 atom stereocenters. The van der Waals surface area contributed by atoms with Crippen LogP contribution < -0.4 is 5.32 Å². The fourth-order valence-electron chi connectivity index (χ4n) is 3.97. The molecule has 1 N–H and O–H groups in total. The molecular weight excluding hydrogens is 386 g/mol. The van der Waals surface area contributed by atoms with E-state index in [0.29, 0.717) is 24.4 Å². The fraction of sp³-hybridized carbons (Fsp3) is 0.318. The molecule has 0 aliphatic heterocycles. The summed E-state index contributed by atoms with van der Waals surface area (Å²) in [6.07, 6.45) is 8.49. The Balaban J connectivity index is 1.49. The summed E-state index contributed by atoms with van der Waals surface area (Å²) < 4.78 is 31.8. The molecule has 0 bridgehead atoms. The van der Waals surface area contributed by atoms with Crippen LogP contribution in [-0.2, 0) is 6.54 Å². The molecule has 1 fully saturated rings. The van der Waals surface area contributed by atoms with Gasteiger partial charge in [0, 0.05) is 36.5 Å². The maximum Gasteiger partial charge on any atom is 0.267 e. The second kappa shape index (κ2) is 7.19. The van der Waals surface area contributed by atoms with Gasteiger partial charge in [0.2, 0.25) is 0 Å². The Kier molecular flexibility index (Phi) is 4.49. The molecule has 8 heteroatoms. The predicted molar refractivity (Wildman–Crippen MR) is 112 cm³/mol. The van der Waals surface area contributed by atoms with Gasteiger partial charge in [-0.15, -0.1) is 0 Å². The van der Waals surface area contributed by atoms with Crippen LogP contribution in [0.1, 0.15) is 26.2 Å². The lowest BCUT2D eigenvalue weighted by Crippen LogP contribution is -2.34. The molecule has 0 aromatic carbocycles. The van der Waals surface area contributed by atoms with Gasteiger partial charge in [0.05, 0.1) is 29.8 Å². The van der Waals surface area contributed by atoms with Crippen molar-refractivity contribution in [2.24, 2.45) is 0 Å². The van der Waals surface area contributed by atoms with Crippen molar-refractivity contribution in [2.45, 2.75) is 44.7 Å². The molecule has 4 aromatic rings. The van der Waals surface area contributed by atoms with Gasteiger partial charge in [-0.25, -0.2) is 18.7 Å². The van der Waals surface area contributed by atoms with E-state index in [0.717, 1.165) is 29.0 Å². The highest BCUT2D eigenvalue weighted by Gasteiger charge is 2.43. The first kappa shape index (κ1) is 18.7. The third-order valence-corrected chi connectivity index (χ3v) is 5.64. The Morgan fingerprint density at radius 3 is 2.80 bits per heavy atom. The highest BCUT2D eigenvalue weighted by atomic mass is 19.3. The van der Waals surface area contributed by atoms with Crippen molar-refractivity contribution < 1.29 is 8.78 Å². The fourth-order valence-corrected chi connectivity index (χ4v) is 3.97. The summed E-state index contributed by atoms with van der Waals surface area (Å²) in [5, 5.41) is 7.27. The van der Waals surface area contributed by atoms with E-state index in [4.69, 9.17) is 0 Å². The first-order valence-electron chi connectivity index (χ1n) is 10.2. The molecule has 0 saturated heterocycles. The van der Waals surface area contributed by atoms with Crippen LogP contribution in [0.15, 0.2) is 55.1 Å². The highest BCUT2D eigenvalue weighted by Crippen LogP contribution is 2.37. The maximum atomic E-state index is 14.0. The van der Waals surface area contributed by atoms with E-state index in [-0.39, 0.29) is 6.42 Å². The number of nitrogens with zero attached hydrogens (tertiary/aromatic N) is 5. The van der Waals surface area contributed by atoms with Crippen molar-refractivity contribution in [3.05, 3.63) is 55.1 Å². The summed E-state index contributed by atoms with van der Waals surface area (Å²) in [5.74, 6) is -2.24. The maximum absolute atomic E-state index is 14.0. The van der Waals surface area contributed by atoms with E-state index in [9.17, 15) is 8.78 Å². The molecule has 4 aromatic heterocycles. The van der Waals surface area contributed by atoms with Gasteiger partial charge in [0.1, 0.15) is 11.5 Å². The topological polar surface area (TPSA) is 60.0 Å². The van der Waals surface area contributed by atoms with Gasteiger partial charge < -0.3 is 5.32 Å². The summed E-state index contributed by atoms with van der Waals surface area (Å²) in [5.41, 5.74) is 4.30. The van der Waals surface area contributed by atoms with Crippen LogP contribution in [0, 0.1) is 0 Å². The molecule has 0 spiro atoms. The van der Waals surface area contributed by atoms with Gasteiger partial charge in [0.15, 0.2) is 0 Å². The Labute approximate surface area is 172 Å². The normalized spacial score (nSPS) is 18.2. The van der Waals surface area contributed by atoms with Crippen molar-refractivity contribution in [1.29, 1.82) is 0 Å². The van der Waals surface area contributed by atoms with Gasteiger partial charge in [0.25, 0.3) is 5.92 Å². The molecule has 1 aliphatic carbocycles. The number of nitrogens with one attached hydrogen (secondary N) is 1. The number of fused-ring (bicyclic) bond motifs is 1. The number of imidazole rings is 1. The number of rotatable bonds is 5. The summed E-state index contributed by atoms with van der Waals surface area (Å²) in [6.45, 7) is 2.85. The zero-order chi connectivity index (χ0) is 20.7. The lowest BCUT2D eigenvalue weighted by molar-refractivity contribution is -0.000685. The van der Waals surface area contributed by atoms with Crippen LogP contribution >= 0.6 is 0 Å². The number of pyridine rings is 2. The number of aromatic nitrogens is 5. The van der Waals surface area contributed by atoms with Gasteiger partial charge >= 0.3 is 0 Å². The third-order valence-electron chi connectivity index (χ3n) is 5.64. The van der Waals surface area contributed by atoms with Crippen molar-refractivity contribution in [3.8, 4) is 22.5 Å². The Morgan fingerprint density at radius 1 is 1.13 bits per heavy atom. The van der Waals surface area contributed by atoms with Gasteiger partial charge in [-0.05, 0) is 44.0 Å². The molecule has 0 radical (unpaired) electrons. The van der Waals surface area contributed by atoms with Crippen molar-refractivity contribution in [3.63, 3.8) is 0 Å². The Morgan fingerprint density at radius 2 is 2.03 bits per heavy atom. The quantitative estimate of drug-likeness (QED) is 0.511. The standard InChI is InChI=1S/C22H22F2N6/c1-2-29-13-16(11-26-29)15-8-9-21-25-12-18(30(21)14-15)17-5-3-7-20(27-17)28-19-6-4-10-22(19,23)24/h3,5,7-9,11-14,19H,2,4,6,10H2,1H3,(H,27,28). The van der Waals surface area contributed by atoms with Gasteiger partial charge in [-0.3, -0.25) is 9.08 Å². The number of hydrogen-bond donors (Lipinski definition) is 1. The van der Waals surface area contributed by atoms with Gasteiger partial charge in [-0.2, -0.15) is 5.10 Å². The zero-order valence-corrected chi connectivity index (χ0v) is 16.6. The summed E-state index contributed by atoms with van der Waals surface area (Å²) in [4.78, 5) is 9.06. The van der Waals surface area contributed by atoms with Crippen molar-refractivity contribution in [1.82, 2.24) is 24.1 Å². The molecule has 6 nitrogen and oxygen atoms in total. The summed E-state index contributed by atoms with van der Waals surface area (Å²) >= 11 is 0. The lowest BCUT2D eigenvalue weighted by Gasteiger charge is -2.21. The molecule has 30 heavy (non-hydrogen) atoms. The van der Waals surface area contributed by atoms with Crippen LogP contribution in [0.25, 0.3) is 28.2 Å². The second-order valence-corrected chi connectivity index (χ2v) is 7.63. The average molecular weight is 408 g/mol. The van der Waals surface area contributed by atoms with Gasteiger partial charge in [-0.1, -0.05) is 6.07 Å². The Bertz CT molecular complexity index is 1200. The number of hydrogen-bond acceptors (Lipinski definition) is 4. The minimum absolute atomic E-state index is 0.0744. The number of anilines is 1. The molecule has 1 unspecified atom stereocenters. The lowest BCUT2D eigenvalue weighted by atomic mass is 10.1. The molecule has 5 rings (SSSR count). The van der Waals surface area contributed by atoms with Crippen LogP contribution in [0.3, 0.4) is 0 Å². The molecule has 4 heterocycles. The summed E-state index contributed by atoms with van der Waals surface area (Å²) in [7, 11) is 0.